The average Bonchev–Trinajstić information content (AvgIpc) is 2.66. The Morgan fingerprint density at radius 1 is 1.15 bits per heavy atom. The van der Waals surface area contributed by atoms with Gasteiger partial charge >= 0.3 is 12.0 Å². The van der Waals surface area contributed by atoms with Crippen LogP contribution < -0.4 is 10.1 Å². The summed E-state index contributed by atoms with van der Waals surface area (Å²) in [5.41, 5.74) is 3.03. The standard InChI is InChI=1S/C20H24N2O4/c1-14(22(2)20(25)21-13-12-19(23)24)15-8-10-16(11-9-15)17-6-4-5-7-18(17)26-3/h4-11,14H,12-13H2,1-3H3,(H,21,25)(H,23,24). The van der Waals surface area contributed by atoms with Gasteiger partial charge in [-0.25, -0.2) is 4.79 Å². The lowest BCUT2D eigenvalue weighted by Crippen LogP contribution is -2.39. The molecule has 0 saturated heterocycles. The van der Waals surface area contributed by atoms with Crippen LogP contribution in [0.2, 0.25) is 0 Å². The Hall–Kier alpha value is -3.02. The molecule has 0 aromatic heterocycles. The van der Waals surface area contributed by atoms with Gasteiger partial charge in [-0.2, -0.15) is 0 Å². The van der Waals surface area contributed by atoms with Crippen LogP contribution in [0, 0.1) is 0 Å². The number of nitrogens with one attached hydrogen (secondary N) is 1. The molecular weight excluding hydrogens is 332 g/mol. The zero-order valence-corrected chi connectivity index (χ0v) is 15.2. The SMILES string of the molecule is COc1ccccc1-c1ccc(C(C)N(C)C(=O)NCCC(=O)O)cc1. The topological polar surface area (TPSA) is 78.9 Å². The molecule has 0 bridgehead atoms. The summed E-state index contributed by atoms with van der Waals surface area (Å²) in [6, 6.07) is 15.3. The fourth-order valence-corrected chi connectivity index (χ4v) is 2.62. The second-order valence-corrected chi connectivity index (χ2v) is 5.98. The molecule has 0 aliphatic carbocycles. The van der Waals surface area contributed by atoms with Gasteiger partial charge in [0.25, 0.3) is 0 Å². The van der Waals surface area contributed by atoms with Crippen molar-refractivity contribution < 1.29 is 19.4 Å². The van der Waals surface area contributed by atoms with E-state index in [4.69, 9.17) is 9.84 Å². The number of amides is 2. The van der Waals surface area contributed by atoms with Crippen LogP contribution in [0.5, 0.6) is 5.75 Å². The summed E-state index contributed by atoms with van der Waals surface area (Å²) in [5.74, 6) is -0.129. The minimum absolute atomic E-state index is 0.0957. The molecule has 0 radical (unpaired) electrons. The number of hydrogen-bond donors (Lipinski definition) is 2. The van der Waals surface area contributed by atoms with Crippen molar-refractivity contribution in [1.82, 2.24) is 10.2 Å². The lowest BCUT2D eigenvalue weighted by molar-refractivity contribution is -0.136. The summed E-state index contributed by atoms with van der Waals surface area (Å²) >= 11 is 0. The van der Waals surface area contributed by atoms with Crippen LogP contribution in [-0.4, -0.2) is 42.7 Å². The molecule has 0 aliphatic heterocycles. The zero-order valence-electron chi connectivity index (χ0n) is 15.2. The Morgan fingerprint density at radius 3 is 2.42 bits per heavy atom. The molecule has 1 unspecified atom stereocenters. The minimum atomic E-state index is -0.937. The van der Waals surface area contributed by atoms with E-state index in [0.717, 1.165) is 22.4 Å². The van der Waals surface area contributed by atoms with E-state index >= 15 is 0 Å². The van der Waals surface area contributed by atoms with Gasteiger partial charge in [-0.15, -0.1) is 0 Å². The number of methoxy groups -OCH3 is 1. The number of para-hydroxylation sites is 1. The van der Waals surface area contributed by atoms with Crippen LogP contribution in [0.25, 0.3) is 11.1 Å². The highest BCUT2D eigenvalue weighted by Gasteiger charge is 2.17. The molecule has 26 heavy (non-hydrogen) atoms. The summed E-state index contributed by atoms with van der Waals surface area (Å²) in [7, 11) is 3.34. The third-order valence-corrected chi connectivity index (χ3v) is 4.33. The molecule has 2 rings (SSSR count). The third kappa shape index (κ3) is 4.75. The molecule has 0 aliphatic rings. The number of nitrogens with zero attached hydrogens (tertiary/aromatic N) is 1. The van der Waals surface area contributed by atoms with Gasteiger partial charge in [0.1, 0.15) is 5.75 Å². The van der Waals surface area contributed by atoms with Gasteiger partial charge < -0.3 is 20.1 Å². The summed E-state index contributed by atoms with van der Waals surface area (Å²) < 4.78 is 5.40. The number of ether oxygens (including phenoxy) is 1. The van der Waals surface area contributed by atoms with E-state index in [-0.39, 0.29) is 25.0 Å². The molecule has 0 saturated carbocycles. The van der Waals surface area contributed by atoms with Crippen molar-refractivity contribution in [1.29, 1.82) is 0 Å². The molecule has 138 valence electrons. The van der Waals surface area contributed by atoms with Crippen molar-refractivity contribution in [2.24, 2.45) is 0 Å². The number of carbonyl (C=O) groups is 2. The fraction of sp³-hybridized carbons (Fsp3) is 0.300. The summed E-state index contributed by atoms with van der Waals surface area (Å²) in [4.78, 5) is 24.2. The van der Waals surface area contributed by atoms with E-state index in [1.165, 1.54) is 0 Å². The van der Waals surface area contributed by atoms with E-state index in [1.807, 2.05) is 55.5 Å². The maximum absolute atomic E-state index is 12.1. The highest BCUT2D eigenvalue weighted by atomic mass is 16.5. The van der Waals surface area contributed by atoms with Gasteiger partial charge in [0.2, 0.25) is 0 Å². The highest BCUT2D eigenvalue weighted by Crippen LogP contribution is 2.30. The van der Waals surface area contributed by atoms with Gasteiger partial charge in [-0.1, -0.05) is 42.5 Å². The third-order valence-electron chi connectivity index (χ3n) is 4.33. The Balaban J connectivity index is 2.07. The highest BCUT2D eigenvalue weighted by molar-refractivity contribution is 5.75. The molecule has 2 N–H and O–H groups in total. The van der Waals surface area contributed by atoms with Gasteiger partial charge in [0.05, 0.1) is 19.6 Å². The van der Waals surface area contributed by atoms with E-state index in [0.29, 0.717) is 0 Å². The lowest BCUT2D eigenvalue weighted by Gasteiger charge is -2.25. The lowest BCUT2D eigenvalue weighted by atomic mass is 10.0. The Labute approximate surface area is 153 Å². The van der Waals surface area contributed by atoms with Gasteiger partial charge in [0.15, 0.2) is 0 Å². The van der Waals surface area contributed by atoms with E-state index < -0.39 is 5.97 Å². The van der Waals surface area contributed by atoms with Crippen LogP contribution in [-0.2, 0) is 4.79 Å². The summed E-state index contributed by atoms with van der Waals surface area (Å²) in [6.07, 6.45) is -0.0957. The minimum Gasteiger partial charge on any atom is -0.496 e. The molecule has 6 nitrogen and oxygen atoms in total. The predicted molar refractivity (Wildman–Crippen MR) is 100 cm³/mol. The number of hydrogen-bond acceptors (Lipinski definition) is 3. The van der Waals surface area contributed by atoms with E-state index in [9.17, 15) is 9.59 Å². The number of carboxylic acids is 1. The molecule has 2 amide bonds. The van der Waals surface area contributed by atoms with Crippen LogP contribution in [0.3, 0.4) is 0 Å². The Kier molecular flexibility index (Phi) is 6.60. The molecule has 0 heterocycles. The predicted octanol–water partition coefficient (Wildman–Crippen LogP) is 3.54. The van der Waals surface area contributed by atoms with Gasteiger partial charge in [-0.3, -0.25) is 4.79 Å². The Bertz CT molecular complexity index is 759. The normalized spacial score (nSPS) is 11.5. The Morgan fingerprint density at radius 2 is 1.81 bits per heavy atom. The quantitative estimate of drug-likeness (QED) is 0.795. The fourth-order valence-electron chi connectivity index (χ4n) is 2.62. The first-order valence-corrected chi connectivity index (χ1v) is 8.40. The van der Waals surface area contributed by atoms with Crippen molar-refractivity contribution in [2.75, 3.05) is 20.7 Å². The van der Waals surface area contributed by atoms with Crippen LogP contribution in [0.4, 0.5) is 4.79 Å². The van der Waals surface area contributed by atoms with Crippen molar-refractivity contribution >= 4 is 12.0 Å². The molecule has 1 atom stereocenters. The molecule has 0 spiro atoms. The second kappa shape index (κ2) is 8.89. The number of benzene rings is 2. The molecular formula is C20H24N2O4. The van der Waals surface area contributed by atoms with Crippen LogP contribution in [0.1, 0.15) is 24.9 Å². The first-order valence-electron chi connectivity index (χ1n) is 8.40. The number of urea groups is 1. The van der Waals surface area contributed by atoms with Crippen molar-refractivity contribution in [3.8, 4) is 16.9 Å². The van der Waals surface area contributed by atoms with Crippen LogP contribution >= 0.6 is 0 Å². The second-order valence-electron chi connectivity index (χ2n) is 5.98. The van der Waals surface area contributed by atoms with Gasteiger partial charge in [0, 0.05) is 19.2 Å². The molecule has 6 heteroatoms. The summed E-state index contributed by atoms with van der Waals surface area (Å²) in [5, 5.41) is 11.2. The maximum atomic E-state index is 12.1. The van der Waals surface area contributed by atoms with Gasteiger partial charge in [-0.05, 0) is 24.1 Å². The van der Waals surface area contributed by atoms with E-state index in [1.54, 1.807) is 19.1 Å². The monoisotopic (exact) mass is 356 g/mol. The van der Waals surface area contributed by atoms with E-state index in [2.05, 4.69) is 5.32 Å². The maximum Gasteiger partial charge on any atom is 0.317 e. The van der Waals surface area contributed by atoms with Crippen LogP contribution in [0.15, 0.2) is 48.5 Å². The largest absolute Gasteiger partial charge is 0.496 e. The van der Waals surface area contributed by atoms with Crippen molar-refractivity contribution in [2.45, 2.75) is 19.4 Å². The molecule has 2 aromatic carbocycles. The smallest absolute Gasteiger partial charge is 0.317 e. The number of aliphatic carboxylic acids is 1. The molecule has 0 fully saturated rings. The first-order chi connectivity index (χ1) is 12.4. The number of carbonyl (C=O) groups excluding carboxylic acids is 1. The average molecular weight is 356 g/mol. The zero-order chi connectivity index (χ0) is 19.1. The van der Waals surface area contributed by atoms with Crippen molar-refractivity contribution in [3.05, 3.63) is 54.1 Å². The van der Waals surface area contributed by atoms with Crippen molar-refractivity contribution in [3.63, 3.8) is 0 Å². The summed E-state index contributed by atoms with van der Waals surface area (Å²) in [6.45, 7) is 2.03. The molecule has 2 aromatic rings. The number of rotatable bonds is 7. The first kappa shape index (κ1) is 19.3. The number of carboxylic acid groups (broad SMARTS) is 1.